The lowest BCUT2D eigenvalue weighted by Gasteiger charge is -2.16. The van der Waals surface area contributed by atoms with Crippen LogP contribution in [0.4, 0.5) is 5.82 Å². The Morgan fingerprint density at radius 2 is 1.95 bits per heavy atom. The molecule has 1 aromatic carbocycles. The van der Waals surface area contributed by atoms with E-state index in [9.17, 15) is 0 Å². The van der Waals surface area contributed by atoms with Crippen molar-refractivity contribution in [1.29, 1.82) is 0 Å². The van der Waals surface area contributed by atoms with Gasteiger partial charge in [0.05, 0.1) is 6.54 Å². The van der Waals surface area contributed by atoms with Gasteiger partial charge in [0.15, 0.2) is 0 Å². The van der Waals surface area contributed by atoms with Gasteiger partial charge >= 0.3 is 0 Å². The van der Waals surface area contributed by atoms with E-state index in [1.807, 2.05) is 50.2 Å². The summed E-state index contributed by atoms with van der Waals surface area (Å²) in [6, 6.07) is 11.8. The Labute approximate surface area is 120 Å². The lowest BCUT2D eigenvalue weighted by molar-refractivity contribution is 0.234. The van der Waals surface area contributed by atoms with Crippen molar-refractivity contribution in [3.63, 3.8) is 0 Å². The van der Waals surface area contributed by atoms with Crippen molar-refractivity contribution in [3.8, 4) is 5.75 Å². The standard InChI is InChI=1S/C16H21N3O/c1-4-14-10-16(19-13(3)18-14)17-11-12(2)20-15-8-6-5-7-9-15/h5-10,12H,4,11H2,1-3H3,(H,17,18,19). The molecular formula is C16H21N3O. The molecule has 20 heavy (non-hydrogen) atoms. The number of aryl methyl sites for hydroxylation is 2. The Morgan fingerprint density at radius 1 is 1.20 bits per heavy atom. The van der Waals surface area contributed by atoms with Crippen LogP contribution in [-0.4, -0.2) is 22.6 Å². The predicted molar refractivity (Wildman–Crippen MR) is 81.2 cm³/mol. The summed E-state index contributed by atoms with van der Waals surface area (Å²) in [7, 11) is 0. The van der Waals surface area contributed by atoms with Gasteiger partial charge in [0.2, 0.25) is 0 Å². The van der Waals surface area contributed by atoms with Crippen LogP contribution < -0.4 is 10.1 Å². The predicted octanol–water partition coefficient (Wildman–Crippen LogP) is 3.23. The average molecular weight is 271 g/mol. The number of aromatic nitrogens is 2. The van der Waals surface area contributed by atoms with Gasteiger partial charge in [0.1, 0.15) is 23.5 Å². The highest BCUT2D eigenvalue weighted by Crippen LogP contribution is 2.12. The summed E-state index contributed by atoms with van der Waals surface area (Å²) >= 11 is 0. The van der Waals surface area contributed by atoms with Crippen LogP contribution >= 0.6 is 0 Å². The van der Waals surface area contributed by atoms with E-state index < -0.39 is 0 Å². The van der Waals surface area contributed by atoms with E-state index in [4.69, 9.17) is 4.74 Å². The molecule has 0 aliphatic carbocycles. The van der Waals surface area contributed by atoms with Crippen LogP contribution in [0.15, 0.2) is 36.4 Å². The number of para-hydroxylation sites is 1. The zero-order valence-electron chi connectivity index (χ0n) is 12.3. The second kappa shape index (κ2) is 6.89. The fourth-order valence-corrected chi connectivity index (χ4v) is 1.92. The molecule has 0 saturated carbocycles. The molecule has 4 nitrogen and oxygen atoms in total. The van der Waals surface area contributed by atoms with Gasteiger partial charge in [-0.25, -0.2) is 9.97 Å². The number of anilines is 1. The Balaban J connectivity index is 1.90. The van der Waals surface area contributed by atoms with Crippen molar-refractivity contribution in [2.24, 2.45) is 0 Å². The average Bonchev–Trinajstić information content (AvgIpc) is 2.45. The van der Waals surface area contributed by atoms with Gasteiger partial charge in [-0.2, -0.15) is 0 Å². The zero-order chi connectivity index (χ0) is 14.4. The van der Waals surface area contributed by atoms with Crippen molar-refractivity contribution < 1.29 is 4.74 Å². The minimum absolute atomic E-state index is 0.0674. The molecule has 1 N–H and O–H groups in total. The van der Waals surface area contributed by atoms with E-state index in [0.29, 0.717) is 6.54 Å². The van der Waals surface area contributed by atoms with Crippen LogP contribution in [0.25, 0.3) is 0 Å². The Bertz CT molecular complexity index is 543. The quantitative estimate of drug-likeness (QED) is 0.876. The molecule has 2 rings (SSSR count). The number of nitrogens with one attached hydrogen (secondary N) is 1. The maximum absolute atomic E-state index is 5.82. The maximum Gasteiger partial charge on any atom is 0.130 e. The van der Waals surface area contributed by atoms with E-state index >= 15 is 0 Å². The summed E-state index contributed by atoms with van der Waals surface area (Å²) in [4.78, 5) is 8.75. The summed E-state index contributed by atoms with van der Waals surface area (Å²) in [5.74, 6) is 2.54. The van der Waals surface area contributed by atoms with E-state index in [1.165, 1.54) is 0 Å². The van der Waals surface area contributed by atoms with Gasteiger partial charge in [-0.15, -0.1) is 0 Å². The molecule has 106 valence electrons. The van der Waals surface area contributed by atoms with Crippen LogP contribution in [0.5, 0.6) is 5.75 Å². The lowest BCUT2D eigenvalue weighted by Crippen LogP contribution is -2.23. The molecular weight excluding hydrogens is 250 g/mol. The van der Waals surface area contributed by atoms with Gasteiger partial charge in [-0.3, -0.25) is 0 Å². The molecule has 1 unspecified atom stereocenters. The molecule has 1 atom stereocenters. The number of ether oxygens (including phenoxy) is 1. The van der Waals surface area contributed by atoms with Crippen molar-refractivity contribution in [2.45, 2.75) is 33.3 Å². The first-order valence-electron chi connectivity index (χ1n) is 6.97. The molecule has 0 saturated heterocycles. The third-order valence-corrected chi connectivity index (χ3v) is 2.90. The molecule has 0 spiro atoms. The van der Waals surface area contributed by atoms with E-state index in [0.717, 1.165) is 29.5 Å². The third-order valence-electron chi connectivity index (χ3n) is 2.90. The second-order valence-electron chi connectivity index (χ2n) is 4.77. The van der Waals surface area contributed by atoms with Crippen LogP contribution in [0.1, 0.15) is 25.4 Å². The van der Waals surface area contributed by atoms with Crippen LogP contribution in [0, 0.1) is 6.92 Å². The highest BCUT2D eigenvalue weighted by Gasteiger charge is 2.05. The second-order valence-corrected chi connectivity index (χ2v) is 4.77. The highest BCUT2D eigenvalue weighted by molar-refractivity contribution is 5.36. The first-order valence-corrected chi connectivity index (χ1v) is 6.97. The van der Waals surface area contributed by atoms with Crippen molar-refractivity contribution in [2.75, 3.05) is 11.9 Å². The first-order chi connectivity index (χ1) is 9.67. The Hall–Kier alpha value is -2.10. The Kier molecular flexibility index (Phi) is 4.93. The van der Waals surface area contributed by atoms with Crippen LogP contribution in [0.2, 0.25) is 0 Å². The molecule has 0 amide bonds. The molecule has 0 aliphatic rings. The zero-order valence-corrected chi connectivity index (χ0v) is 12.3. The summed E-state index contributed by atoms with van der Waals surface area (Å²) in [5.41, 5.74) is 1.05. The molecule has 1 heterocycles. The Morgan fingerprint density at radius 3 is 2.65 bits per heavy atom. The normalized spacial score (nSPS) is 11.9. The van der Waals surface area contributed by atoms with Crippen molar-refractivity contribution >= 4 is 5.82 Å². The summed E-state index contributed by atoms with van der Waals surface area (Å²) < 4.78 is 5.82. The van der Waals surface area contributed by atoms with E-state index in [1.54, 1.807) is 0 Å². The molecule has 2 aromatic rings. The third kappa shape index (κ3) is 4.23. The number of hydrogen-bond donors (Lipinski definition) is 1. The molecule has 0 bridgehead atoms. The monoisotopic (exact) mass is 271 g/mol. The summed E-state index contributed by atoms with van der Waals surface area (Å²) in [6.07, 6.45) is 0.978. The largest absolute Gasteiger partial charge is 0.489 e. The number of hydrogen-bond acceptors (Lipinski definition) is 4. The summed E-state index contributed by atoms with van der Waals surface area (Å²) in [6.45, 7) is 6.74. The lowest BCUT2D eigenvalue weighted by atomic mass is 10.3. The molecule has 0 radical (unpaired) electrons. The minimum Gasteiger partial charge on any atom is -0.489 e. The maximum atomic E-state index is 5.82. The van der Waals surface area contributed by atoms with Crippen LogP contribution in [-0.2, 0) is 6.42 Å². The highest BCUT2D eigenvalue weighted by atomic mass is 16.5. The fraction of sp³-hybridized carbons (Fsp3) is 0.375. The van der Waals surface area contributed by atoms with Gasteiger partial charge in [0.25, 0.3) is 0 Å². The van der Waals surface area contributed by atoms with Gasteiger partial charge in [-0.05, 0) is 32.4 Å². The number of nitrogens with zero attached hydrogens (tertiary/aromatic N) is 2. The molecule has 1 aromatic heterocycles. The topological polar surface area (TPSA) is 47.0 Å². The SMILES string of the molecule is CCc1cc(NCC(C)Oc2ccccc2)nc(C)n1. The number of benzene rings is 1. The van der Waals surface area contributed by atoms with Crippen molar-refractivity contribution in [1.82, 2.24) is 9.97 Å². The minimum atomic E-state index is 0.0674. The smallest absolute Gasteiger partial charge is 0.130 e. The summed E-state index contributed by atoms with van der Waals surface area (Å²) in [5, 5.41) is 3.30. The van der Waals surface area contributed by atoms with E-state index in [2.05, 4.69) is 22.2 Å². The first kappa shape index (κ1) is 14.3. The van der Waals surface area contributed by atoms with Gasteiger partial charge < -0.3 is 10.1 Å². The molecule has 0 aliphatic heterocycles. The van der Waals surface area contributed by atoms with E-state index in [-0.39, 0.29) is 6.10 Å². The van der Waals surface area contributed by atoms with Gasteiger partial charge in [0, 0.05) is 11.8 Å². The molecule has 0 fully saturated rings. The van der Waals surface area contributed by atoms with Crippen LogP contribution in [0.3, 0.4) is 0 Å². The van der Waals surface area contributed by atoms with Gasteiger partial charge in [-0.1, -0.05) is 25.1 Å². The van der Waals surface area contributed by atoms with Crippen molar-refractivity contribution in [3.05, 3.63) is 47.9 Å². The molecule has 4 heteroatoms. The fourth-order valence-electron chi connectivity index (χ4n) is 1.92. The number of rotatable bonds is 6.